The third kappa shape index (κ3) is 3.04. The van der Waals surface area contributed by atoms with Crippen molar-refractivity contribution >= 4 is 17.5 Å². The summed E-state index contributed by atoms with van der Waals surface area (Å²) in [6.45, 7) is 3.29. The van der Waals surface area contributed by atoms with Gasteiger partial charge >= 0.3 is 0 Å². The summed E-state index contributed by atoms with van der Waals surface area (Å²) < 4.78 is 0. The molecule has 3 heteroatoms. The van der Waals surface area contributed by atoms with Crippen LogP contribution in [0.4, 0.5) is 0 Å². The van der Waals surface area contributed by atoms with Gasteiger partial charge in [-0.2, -0.15) is 0 Å². The average molecular weight is 212 g/mol. The van der Waals surface area contributed by atoms with Crippen LogP contribution in [0.2, 0.25) is 0 Å². The molecule has 0 fully saturated rings. The summed E-state index contributed by atoms with van der Waals surface area (Å²) in [5, 5.41) is 0. The third-order valence-electron chi connectivity index (χ3n) is 2.07. The molecular formula is C11H14ClNO. The van der Waals surface area contributed by atoms with E-state index >= 15 is 0 Å². The Morgan fingerprint density at radius 2 is 2.00 bits per heavy atom. The molecule has 0 aliphatic rings. The zero-order chi connectivity index (χ0) is 10.4. The predicted molar refractivity (Wildman–Crippen MR) is 58.3 cm³/mol. The van der Waals surface area contributed by atoms with Crippen molar-refractivity contribution in [2.75, 3.05) is 12.4 Å². The molecule has 1 amide bonds. The third-order valence-corrected chi connectivity index (χ3v) is 2.29. The van der Waals surface area contributed by atoms with Crippen molar-refractivity contribution in [3.05, 3.63) is 35.9 Å². The second-order valence-corrected chi connectivity index (χ2v) is 3.29. The fourth-order valence-corrected chi connectivity index (χ4v) is 1.43. The molecule has 0 heterocycles. The van der Waals surface area contributed by atoms with Crippen LogP contribution in [-0.2, 0) is 11.3 Å². The van der Waals surface area contributed by atoms with E-state index in [-0.39, 0.29) is 11.8 Å². The summed E-state index contributed by atoms with van der Waals surface area (Å²) in [5.74, 6) is 0.0405. The van der Waals surface area contributed by atoms with Crippen molar-refractivity contribution in [3.63, 3.8) is 0 Å². The molecule has 0 N–H and O–H groups in total. The van der Waals surface area contributed by atoms with E-state index in [1.165, 1.54) is 0 Å². The molecule has 1 aromatic rings. The van der Waals surface area contributed by atoms with Gasteiger partial charge in [0.2, 0.25) is 5.91 Å². The predicted octanol–water partition coefficient (Wildman–Crippen LogP) is 2.27. The lowest BCUT2D eigenvalue weighted by molar-refractivity contribution is -0.128. The number of carbonyl (C=O) groups excluding carboxylic acids is 1. The second kappa shape index (κ2) is 5.66. The second-order valence-electron chi connectivity index (χ2n) is 3.03. The number of nitrogens with zero attached hydrogens (tertiary/aromatic N) is 1. The Morgan fingerprint density at radius 3 is 2.50 bits per heavy atom. The quantitative estimate of drug-likeness (QED) is 0.700. The van der Waals surface area contributed by atoms with Gasteiger partial charge in [0.1, 0.15) is 5.88 Å². The molecule has 76 valence electrons. The standard InChI is InChI=1S/C11H14ClNO/c1-2-13(11(14)8-12)9-10-6-4-3-5-7-10/h3-7H,2,8-9H2,1H3. The van der Waals surface area contributed by atoms with Crippen molar-refractivity contribution in [2.45, 2.75) is 13.5 Å². The summed E-state index contributed by atoms with van der Waals surface area (Å²) in [6, 6.07) is 9.90. The fraction of sp³-hybridized carbons (Fsp3) is 0.364. The van der Waals surface area contributed by atoms with Gasteiger partial charge in [-0.3, -0.25) is 4.79 Å². The molecule has 0 unspecified atom stereocenters. The van der Waals surface area contributed by atoms with Gasteiger partial charge in [-0.25, -0.2) is 0 Å². The Balaban J connectivity index is 2.62. The molecule has 0 bridgehead atoms. The van der Waals surface area contributed by atoms with Crippen LogP contribution < -0.4 is 0 Å². The zero-order valence-corrected chi connectivity index (χ0v) is 9.00. The lowest BCUT2D eigenvalue weighted by atomic mass is 10.2. The SMILES string of the molecule is CCN(Cc1ccccc1)C(=O)CCl. The van der Waals surface area contributed by atoms with Gasteiger partial charge in [0.25, 0.3) is 0 Å². The maximum Gasteiger partial charge on any atom is 0.237 e. The molecule has 2 nitrogen and oxygen atoms in total. The van der Waals surface area contributed by atoms with E-state index in [9.17, 15) is 4.79 Å². The summed E-state index contributed by atoms with van der Waals surface area (Å²) in [5.41, 5.74) is 1.13. The topological polar surface area (TPSA) is 20.3 Å². The minimum absolute atomic E-state index is 0.0157. The first-order valence-corrected chi connectivity index (χ1v) is 5.19. The highest BCUT2D eigenvalue weighted by atomic mass is 35.5. The van der Waals surface area contributed by atoms with E-state index in [4.69, 9.17) is 11.6 Å². The Hall–Kier alpha value is -1.02. The van der Waals surface area contributed by atoms with Crippen molar-refractivity contribution in [3.8, 4) is 0 Å². The van der Waals surface area contributed by atoms with Crippen LogP contribution in [0.5, 0.6) is 0 Å². The van der Waals surface area contributed by atoms with Crippen LogP contribution in [0.1, 0.15) is 12.5 Å². The van der Waals surface area contributed by atoms with Gasteiger partial charge in [-0.1, -0.05) is 30.3 Å². The molecular weight excluding hydrogens is 198 g/mol. The highest BCUT2D eigenvalue weighted by molar-refractivity contribution is 6.27. The molecule has 14 heavy (non-hydrogen) atoms. The summed E-state index contributed by atoms with van der Waals surface area (Å²) in [6.07, 6.45) is 0. The van der Waals surface area contributed by atoms with Crippen LogP contribution in [0.3, 0.4) is 0 Å². The molecule has 0 saturated heterocycles. The maximum absolute atomic E-state index is 11.3. The average Bonchev–Trinajstić information content (AvgIpc) is 2.26. The molecule has 1 aromatic carbocycles. The van der Waals surface area contributed by atoms with E-state index in [1.807, 2.05) is 37.3 Å². The molecule has 0 aromatic heterocycles. The molecule has 0 saturated carbocycles. The van der Waals surface area contributed by atoms with Crippen LogP contribution in [-0.4, -0.2) is 23.2 Å². The lowest BCUT2D eigenvalue weighted by Gasteiger charge is -2.19. The van der Waals surface area contributed by atoms with Gasteiger partial charge in [0.15, 0.2) is 0 Å². The van der Waals surface area contributed by atoms with Crippen molar-refractivity contribution in [2.24, 2.45) is 0 Å². The normalized spacial score (nSPS) is 9.86. The Labute approximate surface area is 89.5 Å². The van der Waals surface area contributed by atoms with Gasteiger partial charge in [-0.05, 0) is 12.5 Å². The first kappa shape index (κ1) is 11.1. The van der Waals surface area contributed by atoms with E-state index in [0.29, 0.717) is 13.1 Å². The number of alkyl halides is 1. The van der Waals surface area contributed by atoms with Crippen LogP contribution >= 0.6 is 11.6 Å². The van der Waals surface area contributed by atoms with E-state index in [2.05, 4.69) is 0 Å². The first-order valence-electron chi connectivity index (χ1n) is 4.65. The highest BCUT2D eigenvalue weighted by Gasteiger charge is 2.09. The van der Waals surface area contributed by atoms with Gasteiger partial charge in [0, 0.05) is 13.1 Å². The van der Waals surface area contributed by atoms with Gasteiger partial charge in [-0.15, -0.1) is 11.6 Å². The Bertz CT molecular complexity index is 287. The molecule has 1 rings (SSSR count). The summed E-state index contributed by atoms with van der Waals surface area (Å²) in [4.78, 5) is 13.1. The lowest BCUT2D eigenvalue weighted by Crippen LogP contribution is -2.31. The Morgan fingerprint density at radius 1 is 1.36 bits per heavy atom. The largest absolute Gasteiger partial charge is 0.338 e. The van der Waals surface area contributed by atoms with Crippen molar-refractivity contribution < 1.29 is 4.79 Å². The molecule has 0 spiro atoms. The maximum atomic E-state index is 11.3. The summed E-state index contributed by atoms with van der Waals surface area (Å²) >= 11 is 5.50. The number of benzene rings is 1. The van der Waals surface area contributed by atoms with E-state index in [1.54, 1.807) is 4.90 Å². The molecule has 0 radical (unpaired) electrons. The molecule has 0 aliphatic heterocycles. The zero-order valence-electron chi connectivity index (χ0n) is 8.24. The number of hydrogen-bond donors (Lipinski definition) is 0. The van der Waals surface area contributed by atoms with Crippen LogP contribution in [0, 0.1) is 0 Å². The smallest absolute Gasteiger partial charge is 0.237 e. The monoisotopic (exact) mass is 211 g/mol. The molecule has 0 atom stereocenters. The van der Waals surface area contributed by atoms with Gasteiger partial charge in [0.05, 0.1) is 0 Å². The minimum atomic E-state index is -0.0157. The number of carbonyl (C=O) groups is 1. The van der Waals surface area contributed by atoms with Crippen molar-refractivity contribution in [1.29, 1.82) is 0 Å². The fourth-order valence-electron chi connectivity index (χ4n) is 1.26. The van der Waals surface area contributed by atoms with Crippen LogP contribution in [0.15, 0.2) is 30.3 Å². The number of rotatable bonds is 4. The van der Waals surface area contributed by atoms with Crippen LogP contribution in [0.25, 0.3) is 0 Å². The summed E-state index contributed by atoms with van der Waals surface area (Å²) in [7, 11) is 0. The number of hydrogen-bond acceptors (Lipinski definition) is 1. The van der Waals surface area contributed by atoms with E-state index in [0.717, 1.165) is 5.56 Å². The van der Waals surface area contributed by atoms with Crippen molar-refractivity contribution in [1.82, 2.24) is 4.90 Å². The first-order chi connectivity index (χ1) is 6.77. The number of halogens is 1. The minimum Gasteiger partial charge on any atom is -0.338 e. The van der Waals surface area contributed by atoms with Gasteiger partial charge < -0.3 is 4.90 Å². The van der Waals surface area contributed by atoms with E-state index < -0.39 is 0 Å². The molecule has 0 aliphatic carbocycles. The number of amides is 1. The Kier molecular flexibility index (Phi) is 4.47. The highest BCUT2D eigenvalue weighted by Crippen LogP contribution is 2.04.